The fourth-order valence-corrected chi connectivity index (χ4v) is 3.98. The molecule has 0 atom stereocenters. The third-order valence-corrected chi connectivity index (χ3v) is 5.10. The summed E-state index contributed by atoms with van der Waals surface area (Å²) >= 11 is 12.8. The Morgan fingerprint density at radius 1 is 1.32 bits per heavy atom. The van der Waals surface area contributed by atoms with E-state index in [-0.39, 0.29) is 5.91 Å². The van der Waals surface area contributed by atoms with E-state index in [1.807, 2.05) is 23.6 Å². The zero-order valence-electron chi connectivity index (χ0n) is 10.1. The van der Waals surface area contributed by atoms with Gasteiger partial charge < -0.3 is 4.90 Å². The van der Waals surface area contributed by atoms with Crippen molar-refractivity contribution in [1.29, 1.82) is 0 Å². The maximum Gasteiger partial charge on any atom is 0.255 e. The second-order valence-corrected chi connectivity index (χ2v) is 7.36. The summed E-state index contributed by atoms with van der Waals surface area (Å²) in [6, 6.07) is 7.49. The van der Waals surface area contributed by atoms with Crippen LogP contribution in [-0.2, 0) is 6.54 Å². The van der Waals surface area contributed by atoms with Gasteiger partial charge in [-0.15, -0.1) is 24.0 Å². The van der Waals surface area contributed by atoms with Crippen molar-refractivity contribution in [2.75, 3.05) is 7.05 Å². The van der Waals surface area contributed by atoms with E-state index < -0.39 is 0 Å². The van der Waals surface area contributed by atoms with E-state index in [9.17, 15) is 4.79 Å². The minimum absolute atomic E-state index is 0.0259. The van der Waals surface area contributed by atoms with E-state index in [0.29, 0.717) is 17.0 Å². The summed E-state index contributed by atoms with van der Waals surface area (Å²) in [4.78, 5) is 15.9. The average molecular weight is 421 g/mol. The number of hydrogen-bond acceptors (Lipinski definition) is 3. The first-order chi connectivity index (χ1) is 8.97. The van der Waals surface area contributed by atoms with E-state index >= 15 is 0 Å². The molecule has 0 saturated carbocycles. The molecule has 1 aromatic carbocycles. The first kappa shape index (κ1) is 15.1. The Balaban J connectivity index is 2.14. The zero-order valence-corrected chi connectivity index (χ0v) is 14.9. The summed E-state index contributed by atoms with van der Waals surface area (Å²) in [5, 5.41) is 2.01. The molecule has 1 heterocycles. The molecule has 0 aliphatic carbocycles. The molecule has 2 rings (SSSR count). The van der Waals surface area contributed by atoms with Crippen LogP contribution in [-0.4, -0.2) is 17.9 Å². The fourth-order valence-electron chi connectivity index (χ4n) is 1.63. The maximum absolute atomic E-state index is 12.3. The van der Waals surface area contributed by atoms with Gasteiger partial charge in [0.2, 0.25) is 0 Å². The minimum atomic E-state index is -0.0259. The van der Waals surface area contributed by atoms with Gasteiger partial charge in [-0.25, -0.2) is 0 Å². The lowest BCUT2D eigenvalue weighted by atomic mass is 10.2. The monoisotopic (exact) mass is 419 g/mol. The van der Waals surface area contributed by atoms with Crippen molar-refractivity contribution in [2.45, 2.75) is 11.4 Å². The molecule has 0 aliphatic rings. The highest BCUT2D eigenvalue weighted by Gasteiger charge is 2.15. The summed E-state index contributed by atoms with van der Waals surface area (Å²) < 4.78 is 1.96. The molecule has 2 aromatic rings. The molecule has 6 heteroatoms. The highest BCUT2D eigenvalue weighted by molar-refractivity contribution is 9.10. The van der Waals surface area contributed by atoms with Crippen molar-refractivity contribution in [3.63, 3.8) is 0 Å². The van der Waals surface area contributed by atoms with Gasteiger partial charge in [-0.05, 0) is 40.2 Å². The molecule has 0 fully saturated rings. The molecule has 1 amide bonds. The normalized spacial score (nSPS) is 10.5. The molecule has 0 unspecified atom stereocenters. The lowest BCUT2D eigenvalue weighted by Gasteiger charge is -2.17. The molecule has 2 nitrogen and oxygen atoms in total. The van der Waals surface area contributed by atoms with Gasteiger partial charge in [-0.1, -0.05) is 15.9 Å². The van der Waals surface area contributed by atoms with Crippen LogP contribution in [0.4, 0.5) is 0 Å². The topological polar surface area (TPSA) is 20.3 Å². The number of benzene rings is 1. The Labute approximate surface area is 138 Å². The summed E-state index contributed by atoms with van der Waals surface area (Å²) in [6.45, 7) is 0.596. The zero-order chi connectivity index (χ0) is 14.0. The molecule has 0 bridgehead atoms. The lowest BCUT2D eigenvalue weighted by molar-refractivity contribution is 0.0783. The number of nitrogens with zero attached hydrogens (tertiary/aromatic N) is 1. The molecule has 0 radical (unpaired) electrons. The second kappa shape index (κ2) is 6.43. The molecule has 19 heavy (non-hydrogen) atoms. The van der Waals surface area contributed by atoms with Crippen LogP contribution < -0.4 is 0 Å². The highest BCUT2D eigenvalue weighted by atomic mass is 79.9. The third-order valence-electron chi connectivity index (χ3n) is 2.55. The van der Waals surface area contributed by atoms with Crippen LogP contribution in [0.25, 0.3) is 0 Å². The van der Waals surface area contributed by atoms with E-state index in [4.69, 9.17) is 0 Å². The Morgan fingerprint density at radius 2 is 2.05 bits per heavy atom. The van der Waals surface area contributed by atoms with Crippen LogP contribution in [0.5, 0.6) is 0 Å². The quantitative estimate of drug-likeness (QED) is 0.704. The van der Waals surface area contributed by atoms with Crippen molar-refractivity contribution in [1.82, 2.24) is 4.90 Å². The lowest BCUT2D eigenvalue weighted by Crippen LogP contribution is -2.26. The molecular weight excluding hydrogens is 410 g/mol. The van der Waals surface area contributed by atoms with Crippen LogP contribution in [0.15, 0.2) is 43.5 Å². The maximum atomic E-state index is 12.3. The van der Waals surface area contributed by atoms with Crippen molar-refractivity contribution in [2.24, 2.45) is 0 Å². The largest absolute Gasteiger partial charge is 0.337 e. The molecule has 1 aromatic heterocycles. The smallest absolute Gasteiger partial charge is 0.255 e. The predicted molar refractivity (Wildman–Crippen MR) is 89.2 cm³/mol. The third kappa shape index (κ3) is 3.84. The number of thiol groups is 1. The van der Waals surface area contributed by atoms with Gasteiger partial charge in [0.05, 0.1) is 12.1 Å². The molecule has 0 spiro atoms. The van der Waals surface area contributed by atoms with Gasteiger partial charge in [-0.3, -0.25) is 4.79 Å². The van der Waals surface area contributed by atoms with Crippen LogP contribution in [0.1, 0.15) is 15.2 Å². The Morgan fingerprint density at radius 3 is 2.63 bits per heavy atom. The number of carbonyl (C=O) groups excluding carboxylic acids is 1. The summed E-state index contributed by atoms with van der Waals surface area (Å²) in [5.74, 6) is -0.0259. The van der Waals surface area contributed by atoms with Gasteiger partial charge in [-0.2, -0.15) is 0 Å². The van der Waals surface area contributed by atoms with Crippen LogP contribution in [0, 0.1) is 0 Å². The van der Waals surface area contributed by atoms with E-state index in [1.54, 1.807) is 29.4 Å². The van der Waals surface area contributed by atoms with Crippen LogP contribution >= 0.6 is 55.8 Å². The van der Waals surface area contributed by atoms with Crippen molar-refractivity contribution >= 4 is 61.7 Å². The van der Waals surface area contributed by atoms with Gasteiger partial charge in [0.1, 0.15) is 0 Å². The summed E-state index contributed by atoms with van der Waals surface area (Å²) in [7, 11) is 1.80. The number of halogens is 2. The number of hydrogen-bond donors (Lipinski definition) is 1. The first-order valence-electron chi connectivity index (χ1n) is 5.44. The van der Waals surface area contributed by atoms with Gasteiger partial charge in [0.25, 0.3) is 5.91 Å². The second-order valence-electron chi connectivity index (χ2n) is 4.05. The highest BCUT2D eigenvalue weighted by Crippen LogP contribution is 2.24. The van der Waals surface area contributed by atoms with E-state index in [1.165, 1.54) is 0 Å². The number of rotatable bonds is 3. The van der Waals surface area contributed by atoms with E-state index in [0.717, 1.165) is 13.8 Å². The van der Waals surface area contributed by atoms with Crippen LogP contribution in [0.3, 0.4) is 0 Å². The Hall–Kier alpha value is -0.300. The molecular formula is C13H11Br2NOS2. The molecule has 0 aliphatic heterocycles. The summed E-state index contributed by atoms with van der Waals surface area (Å²) in [5.41, 5.74) is 0.615. The minimum Gasteiger partial charge on any atom is -0.337 e. The number of thiophene rings is 1. The SMILES string of the molecule is CN(Cc1cc(Br)cs1)C(=O)c1ccc(Br)cc1S. The molecule has 0 N–H and O–H groups in total. The number of amides is 1. The Kier molecular flexibility index (Phi) is 5.11. The van der Waals surface area contributed by atoms with Gasteiger partial charge in [0, 0.05) is 31.1 Å². The van der Waals surface area contributed by atoms with Gasteiger partial charge >= 0.3 is 0 Å². The molecule has 0 saturated heterocycles. The van der Waals surface area contributed by atoms with Crippen molar-refractivity contribution < 1.29 is 4.79 Å². The molecule has 100 valence electrons. The number of carbonyl (C=O) groups is 1. The Bertz CT molecular complexity index is 612. The van der Waals surface area contributed by atoms with Crippen molar-refractivity contribution in [3.05, 3.63) is 49.0 Å². The van der Waals surface area contributed by atoms with Crippen molar-refractivity contribution in [3.8, 4) is 0 Å². The van der Waals surface area contributed by atoms with Gasteiger partial charge in [0.15, 0.2) is 0 Å². The summed E-state index contributed by atoms with van der Waals surface area (Å²) in [6.07, 6.45) is 0. The predicted octanol–water partition coefficient (Wildman–Crippen LogP) is 4.83. The standard InChI is InChI=1S/C13H11Br2NOS2/c1-16(6-10-4-9(15)7-19-10)13(17)11-3-2-8(14)5-12(11)18/h2-5,7,18H,6H2,1H3. The average Bonchev–Trinajstić information content (AvgIpc) is 2.74. The fraction of sp³-hybridized carbons (Fsp3) is 0.154. The van der Waals surface area contributed by atoms with Crippen LogP contribution in [0.2, 0.25) is 0 Å². The first-order valence-corrected chi connectivity index (χ1v) is 8.35. The van der Waals surface area contributed by atoms with E-state index in [2.05, 4.69) is 44.5 Å².